The van der Waals surface area contributed by atoms with Gasteiger partial charge in [-0.3, -0.25) is 14.4 Å². The molecule has 454 valence electrons. The molecule has 101 heavy (non-hydrogen) atoms. The first kappa shape index (κ1) is 92.7. The molecule has 8 rings (SSSR count). The monoisotopic (exact) mass is 1390 g/mol. The highest BCUT2D eigenvalue weighted by atomic mass is 35.5. The minimum Gasteiger partial charge on any atom is -0.480 e. The Kier molecular flexibility index (Phi) is 39.9. The average molecular weight is 1380 g/mol. The number of carbonyl (C=O) groups is 2. The van der Waals surface area contributed by atoms with Crippen molar-refractivity contribution >= 4 is 372 Å². The number of halogens is 5. The highest BCUT2D eigenvalue weighted by molar-refractivity contribution is 8.31. The number of anilines is 2. The third-order valence-corrected chi connectivity index (χ3v) is 20.3. The number of aromatic nitrogens is 6. The zero-order chi connectivity index (χ0) is 74.2. The fraction of sp³-hybridized carbons (Fsp3) is 0.415. The van der Waals surface area contributed by atoms with E-state index in [9.17, 15) is 42.7 Å². The van der Waals surface area contributed by atoms with Crippen molar-refractivity contribution in [1.29, 1.82) is 0 Å². The number of rotatable bonds is 26. The Hall–Kier alpha value is -2.48. The second-order valence-electron chi connectivity index (χ2n) is 25.3. The fourth-order valence-electron chi connectivity index (χ4n) is 14.0. The molecule has 2 saturated carbocycles. The van der Waals surface area contributed by atoms with Crippen molar-refractivity contribution < 1.29 is 23.5 Å². The van der Waals surface area contributed by atoms with Crippen LogP contribution in [0.15, 0.2) is 68.0 Å². The van der Waals surface area contributed by atoms with E-state index in [1.54, 1.807) is 0 Å². The normalized spacial score (nSPS) is 13.0. The van der Waals surface area contributed by atoms with Crippen LogP contribution in [0.3, 0.4) is 0 Å². The number of aliphatic carboxylic acids is 1. The van der Waals surface area contributed by atoms with Gasteiger partial charge in [0.25, 0.3) is 11.1 Å². The van der Waals surface area contributed by atoms with E-state index in [-0.39, 0.29) is 65.0 Å². The third-order valence-electron chi connectivity index (χ3n) is 18.3. The van der Waals surface area contributed by atoms with Crippen LogP contribution in [-0.2, 0) is 9.59 Å². The van der Waals surface area contributed by atoms with Crippen LogP contribution in [-0.4, -0.2) is 316 Å². The number of hydrogen-bond donors (Lipinski definition) is 5. The van der Waals surface area contributed by atoms with Gasteiger partial charge in [-0.1, -0.05) is 118 Å². The largest absolute Gasteiger partial charge is 0.480 e. The number of amides is 1. The number of nitrogens with zero attached hydrogens (tertiary/aromatic N) is 4. The molecular formula is C41H47B38Cl3F2N8O7S2. The molecule has 0 spiro atoms. The SMILES string of the molecule is C.Cl.Nc1ncc(Cl)s1.O=C(Nc1ncc(Cl)s1)C(CC1CCCCC1)n1c(=O)[nH]c2ccc(F)cc2c1=O.O=C(O)C(CC1CCCCC1)n1c(=O)[nH]c2ccc(F)cc2c1=O.[B]B([B])B(B([B])[B])B(B(B([B])[B])B([B])[B])B(B(B([B])[B])B([B])[B])B(B(B([B])[B])B([B])[B])B(B([B])[B])B([B])[B]. The van der Waals surface area contributed by atoms with Crippen molar-refractivity contribution in [2.24, 2.45) is 11.8 Å². The topological polar surface area (TPSA) is 228 Å². The Morgan fingerprint density at radius 2 is 0.832 bits per heavy atom. The van der Waals surface area contributed by atoms with Gasteiger partial charge in [-0.25, -0.2) is 42.3 Å². The van der Waals surface area contributed by atoms with Gasteiger partial charge in [-0.2, -0.15) is 0 Å². The minimum absolute atomic E-state index is 0. The molecule has 4 heterocycles. The highest BCUT2D eigenvalue weighted by Gasteiger charge is 2.56. The van der Waals surface area contributed by atoms with Crippen molar-refractivity contribution in [2.75, 3.05) is 11.1 Å². The number of carboxylic acid groups (broad SMARTS) is 1. The number of benzene rings is 2. The van der Waals surface area contributed by atoms with Crippen molar-refractivity contribution in [3.8, 4) is 0 Å². The molecule has 2 aromatic carbocycles. The Morgan fingerprint density at radius 3 is 1.11 bits per heavy atom. The minimum atomic E-state index is -1.24. The van der Waals surface area contributed by atoms with Crippen LogP contribution < -0.4 is 33.5 Å². The molecule has 0 saturated heterocycles. The first-order valence-electron chi connectivity index (χ1n) is 31.9. The molecule has 0 bridgehead atoms. The van der Waals surface area contributed by atoms with Gasteiger partial charge in [0.15, 0.2) is 10.3 Å². The van der Waals surface area contributed by atoms with Gasteiger partial charge in [0, 0.05) is 270 Å². The number of carbonyl (C=O) groups excluding carboxylic acids is 1. The zero-order valence-electron chi connectivity index (χ0n) is 54.9. The first-order valence-corrected chi connectivity index (χ1v) is 34.3. The van der Waals surface area contributed by atoms with E-state index >= 15 is 0 Å². The molecule has 2 fully saturated rings. The van der Waals surface area contributed by atoms with Crippen LogP contribution in [0.25, 0.3) is 21.8 Å². The molecule has 2 aliphatic carbocycles. The molecule has 40 radical (unpaired) electrons. The third kappa shape index (κ3) is 25.9. The summed E-state index contributed by atoms with van der Waals surface area (Å²) in [6.45, 7) is 0. The quantitative estimate of drug-likeness (QED) is 0.0324. The predicted molar refractivity (Wildman–Crippen MR) is 466 cm³/mol. The number of hydrogen-bond acceptors (Lipinski definition) is 11. The Labute approximate surface area is 649 Å². The lowest BCUT2D eigenvalue weighted by Crippen LogP contribution is -2.92. The van der Waals surface area contributed by atoms with E-state index in [0.717, 1.165) is 103 Å². The van der Waals surface area contributed by atoms with Crippen LogP contribution in [0, 0.1) is 23.5 Å². The number of fused-ring (bicyclic) bond motifs is 2. The molecule has 0 aliphatic heterocycles. The summed E-state index contributed by atoms with van der Waals surface area (Å²) in [5.74, 6) is -2.56. The number of nitrogens with one attached hydrogen (secondary N) is 3. The summed E-state index contributed by atoms with van der Waals surface area (Å²) in [6.07, 6.45) is -6.39. The summed E-state index contributed by atoms with van der Waals surface area (Å²) >= 11 is 13.7. The van der Waals surface area contributed by atoms with E-state index in [1.165, 1.54) is 41.9 Å². The summed E-state index contributed by atoms with van der Waals surface area (Å²) < 4.78 is 29.8. The lowest BCUT2D eigenvalue weighted by atomic mass is 8.28. The highest BCUT2D eigenvalue weighted by Crippen LogP contribution is 2.33. The summed E-state index contributed by atoms with van der Waals surface area (Å²) in [5.41, 5.74) is 2.69. The number of H-pyrrole nitrogens is 2. The van der Waals surface area contributed by atoms with Gasteiger partial charge in [-0.05, 0) is 61.1 Å². The average Bonchev–Trinajstić information content (AvgIpc) is 0.910. The summed E-state index contributed by atoms with van der Waals surface area (Å²) in [5, 5.41) is 13.0. The molecular weight excluding hydrogens is 1340 g/mol. The van der Waals surface area contributed by atoms with Crippen LogP contribution >= 0.6 is 58.3 Å². The number of thiazole rings is 2. The molecule has 1 amide bonds. The standard InChI is InChI=1S/C20H20ClFN4O3S.C17H19FN2O4.C3H3ClN2S.CH4.B38.ClH/c21-16-10-23-19(30-16)25-17(27)15(8-11-4-2-1-3-5-11)26-18(28)13-9-12(22)6-7-14(13)24-20(26)29;18-11-6-7-13-12(9-11)15(21)20(17(24)19-13)14(16(22)23)8-10-4-2-1-3-5-10;4-2-1-6-3(5)7-2;;1-21(2)31(22(3)4)36(32(23(5)6)24(7)8)38(35(29(17)18)30(19)20)37(33(25(9)10)26(11)12)34(27(13)14)28(15)16;/h6-7,9-11,15H,1-5,8H2,(H,24,29)(H,23,25,27);6-7,9-10,14H,1-5,8H2,(H,19,24)(H,22,23);1H,(H2,5,6);1H4;;1H. The van der Waals surface area contributed by atoms with Crippen molar-refractivity contribution in [3.63, 3.8) is 0 Å². The number of aromatic amines is 2. The second kappa shape index (κ2) is 43.5. The number of nitrogens with two attached hydrogens (primary N) is 1. The lowest BCUT2D eigenvalue weighted by Gasteiger charge is -2.53. The smallest absolute Gasteiger partial charge is 0.329 e. The van der Waals surface area contributed by atoms with Crippen molar-refractivity contribution in [3.05, 3.63) is 111 Å². The Morgan fingerprint density at radius 1 is 0.525 bits per heavy atom. The maximum atomic E-state index is 13.7. The Bertz CT molecular complexity index is 3690. The summed E-state index contributed by atoms with van der Waals surface area (Å²) in [7, 11) is 124. The van der Waals surface area contributed by atoms with E-state index in [2.05, 4.69) is 25.3 Å². The van der Waals surface area contributed by atoms with E-state index in [0.29, 0.717) is 20.2 Å². The summed E-state index contributed by atoms with van der Waals surface area (Å²) in [4.78, 5) is 88.4. The molecule has 15 nitrogen and oxygen atoms in total. The maximum absolute atomic E-state index is 13.7. The van der Waals surface area contributed by atoms with Gasteiger partial charge < -0.3 is 26.1 Å². The van der Waals surface area contributed by atoms with Gasteiger partial charge in [0.2, 0.25) is 5.91 Å². The molecule has 6 aromatic rings. The van der Waals surface area contributed by atoms with Crippen LogP contribution in [0.4, 0.5) is 19.0 Å². The predicted octanol–water partition coefficient (Wildman–Crippen LogP) is -5.52. The van der Waals surface area contributed by atoms with Gasteiger partial charge in [-0.15, -0.1) is 12.4 Å². The first-order chi connectivity index (χ1) is 46.4. The molecule has 2 atom stereocenters. The lowest BCUT2D eigenvalue weighted by molar-refractivity contribution is -0.141. The molecule has 2 aliphatic rings. The van der Waals surface area contributed by atoms with Crippen molar-refractivity contribution in [1.82, 2.24) is 29.1 Å². The molecule has 2 unspecified atom stereocenters. The molecule has 6 N–H and O–H groups in total. The van der Waals surface area contributed by atoms with Gasteiger partial charge >= 0.3 is 17.3 Å². The van der Waals surface area contributed by atoms with Crippen molar-refractivity contribution in [2.45, 2.75) is 96.6 Å². The van der Waals surface area contributed by atoms with Crippen LogP contribution in [0.1, 0.15) is 96.6 Å². The number of carboxylic acids is 1. The van der Waals surface area contributed by atoms with E-state index < -0.39 is 173 Å². The fourth-order valence-corrected chi connectivity index (χ4v) is 15.5. The summed E-state index contributed by atoms with van der Waals surface area (Å²) in [6, 6.07) is 4.75. The Balaban J connectivity index is 0.000000377. The molecule has 4 aromatic heterocycles. The van der Waals surface area contributed by atoms with E-state index in [4.69, 9.17) is 184 Å². The number of nitrogen functional groups attached to an aromatic ring is 1. The van der Waals surface area contributed by atoms with E-state index in [1.807, 2.05) is 0 Å². The van der Waals surface area contributed by atoms with Crippen LogP contribution in [0.5, 0.6) is 0 Å². The maximum Gasteiger partial charge on any atom is 0.329 e. The van der Waals surface area contributed by atoms with Crippen LogP contribution in [0.2, 0.25) is 8.67 Å². The molecule has 60 heteroatoms. The van der Waals surface area contributed by atoms with Gasteiger partial charge in [0.05, 0.1) is 34.2 Å². The van der Waals surface area contributed by atoms with Gasteiger partial charge in [0.1, 0.15) is 32.4 Å². The zero-order valence-corrected chi connectivity index (χ0v) is 58.8. The second-order valence-corrected chi connectivity index (χ2v) is 28.6.